The Morgan fingerprint density at radius 1 is 0.788 bits per heavy atom. The number of aromatic nitrogens is 2. The summed E-state index contributed by atoms with van der Waals surface area (Å²) >= 11 is 0. The molecule has 0 spiro atoms. The fourth-order valence-electron chi connectivity index (χ4n) is 3.58. The Hall–Kier alpha value is -4.51. The highest BCUT2D eigenvalue weighted by atomic mass is 16.5. The van der Waals surface area contributed by atoms with Gasteiger partial charge in [-0.25, -0.2) is 4.98 Å². The minimum Gasteiger partial charge on any atom is -0.488 e. The van der Waals surface area contributed by atoms with Crippen LogP contribution in [0.3, 0.4) is 0 Å². The first-order valence-electron chi connectivity index (χ1n) is 10.7. The van der Waals surface area contributed by atoms with E-state index in [4.69, 9.17) is 9.72 Å². The molecule has 0 amide bonds. The molecule has 0 unspecified atom stereocenters. The second-order valence-corrected chi connectivity index (χ2v) is 7.49. The first-order valence-corrected chi connectivity index (χ1v) is 10.7. The van der Waals surface area contributed by atoms with E-state index < -0.39 is 0 Å². The predicted molar refractivity (Wildman–Crippen MR) is 132 cm³/mol. The summed E-state index contributed by atoms with van der Waals surface area (Å²) in [6.45, 7) is 0.443. The molecule has 0 aliphatic rings. The first-order chi connectivity index (χ1) is 16.3. The highest BCUT2D eigenvalue weighted by Crippen LogP contribution is 2.20. The van der Waals surface area contributed by atoms with Crippen molar-refractivity contribution in [2.24, 2.45) is 5.10 Å². The van der Waals surface area contributed by atoms with E-state index in [-0.39, 0.29) is 5.56 Å². The van der Waals surface area contributed by atoms with E-state index in [0.717, 1.165) is 16.7 Å². The van der Waals surface area contributed by atoms with Gasteiger partial charge in [-0.05, 0) is 29.8 Å². The van der Waals surface area contributed by atoms with Gasteiger partial charge in [-0.1, -0.05) is 84.9 Å². The molecule has 5 aromatic rings. The second kappa shape index (κ2) is 9.32. The van der Waals surface area contributed by atoms with Crippen molar-refractivity contribution in [3.8, 4) is 17.1 Å². The van der Waals surface area contributed by atoms with Crippen LogP contribution in [0.1, 0.15) is 11.1 Å². The minimum absolute atomic E-state index is 0.224. The van der Waals surface area contributed by atoms with Crippen molar-refractivity contribution in [2.45, 2.75) is 6.61 Å². The normalized spacial score (nSPS) is 11.2. The van der Waals surface area contributed by atoms with Crippen LogP contribution < -0.4 is 10.3 Å². The van der Waals surface area contributed by atoms with Gasteiger partial charge in [-0.3, -0.25) is 4.79 Å². The van der Waals surface area contributed by atoms with Gasteiger partial charge >= 0.3 is 0 Å². The van der Waals surface area contributed by atoms with E-state index in [1.54, 1.807) is 12.3 Å². The SMILES string of the molecule is O=c1c2ccccc2nc(-c2ccccc2)n1N=Cc1ccccc1OCc1ccccc1. The van der Waals surface area contributed by atoms with Crippen molar-refractivity contribution in [3.05, 3.63) is 131 Å². The standard InChI is InChI=1S/C28H21N3O2/c32-28-24-16-8-9-17-25(24)30-27(22-13-5-2-6-14-22)31(28)29-19-23-15-7-10-18-26(23)33-20-21-11-3-1-4-12-21/h1-19H,20H2. The molecule has 5 rings (SSSR count). The van der Waals surface area contributed by atoms with Gasteiger partial charge in [0.05, 0.1) is 17.1 Å². The lowest BCUT2D eigenvalue weighted by Gasteiger charge is -2.11. The highest BCUT2D eigenvalue weighted by molar-refractivity contribution is 5.84. The maximum Gasteiger partial charge on any atom is 0.282 e. The van der Waals surface area contributed by atoms with Gasteiger partial charge < -0.3 is 4.74 Å². The molecule has 0 aliphatic heterocycles. The second-order valence-electron chi connectivity index (χ2n) is 7.49. The zero-order valence-electron chi connectivity index (χ0n) is 17.8. The number of para-hydroxylation sites is 2. The molecule has 5 heteroatoms. The van der Waals surface area contributed by atoms with Crippen molar-refractivity contribution in [1.29, 1.82) is 0 Å². The van der Waals surface area contributed by atoms with Crippen molar-refractivity contribution in [2.75, 3.05) is 0 Å². The average Bonchev–Trinajstić information content (AvgIpc) is 2.88. The lowest BCUT2D eigenvalue weighted by Crippen LogP contribution is -2.20. The molecular weight excluding hydrogens is 410 g/mol. The van der Waals surface area contributed by atoms with Crippen LogP contribution in [0.4, 0.5) is 0 Å². The Balaban J connectivity index is 1.55. The molecule has 0 radical (unpaired) electrons. The average molecular weight is 431 g/mol. The molecule has 1 aromatic heterocycles. The lowest BCUT2D eigenvalue weighted by molar-refractivity contribution is 0.306. The smallest absolute Gasteiger partial charge is 0.282 e. The van der Waals surface area contributed by atoms with Gasteiger partial charge in [0.2, 0.25) is 0 Å². The van der Waals surface area contributed by atoms with E-state index in [1.807, 2.05) is 103 Å². The van der Waals surface area contributed by atoms with Crippen LogP contribution in [-0.2, 0) is 6.61 Å². The summed E-state index contributed by atoms with van der Waals surface area (Å²) in [7, 11) is 0. The van der Waals surface area contributed by atoms with E-state index in [1.165, 1.54) is 4.68 Å². The van der Waals surface area contributed by atoms with Crippen molar-refractivity contribution in [1.82, 2.24) is 9.66 Å². The van der Waals surface area contributed by atoms with Crippen molar-refractivity contribution < 1.29 is 4.74 Å². The fraction of sp³-hybridized carbons (Fsp3) is 0.0357. The Morgan fingerprint density at radius 3 is 2.27 bits per heavy atom. The molecule has 5 nitrogen and oxygen atoms in total. The number of fused-ring (bicyclic) bond motifs is 1. The van der Waals surface area contributed by atoms with Crippen molar-refractivity contribution in [3.63, 3.8) is 0 Å². The molecule has 0 atom stereocenters. The molecular formula is C28H21N3O2. The Labute approximate surface area is 191 Å². The number of rotatable bonds is 6. The van der Waals surface area contributed by atoms with Crippen LogP contribution in [0.15, 0.2) is 119 Å². The predicted octanol–water partition coefficient (Wildman–Crippen LogP) is 5.52. The molecule has 0 saturated carbocycles. The van der Waals surface area contributed by atoms with Crippen LogP contribution in [0.5, 0.6) is 5.75 Å². The molecule has 33 heavy (non-hydrogen) atoms. The maximum absolute atomic E-state index is 13.3. The summed E-state index contributed by atoms with van der Waals surface area (Å²) in [5, 5.41) is 5.07. The Kier molecular flexibility index (Phi) is 5.76. The molecule has 0 fully saturated rings. The van der Waals surface area contributed by atoms with Crippen molar-refractivity contribution >= 4 is 17.1 Å². The minimum atomic E-state index is -0.224. The van der Waals surface area contributed by atoms with Gasteiger partial charge in [0.25, 0.3) is 5.56 Å². The highest BCUT2D eigenvalue weighted by Gasteiger charge is 2.12. The Morgan fingerprint density at radius 2 is 1.45 bits per heavy atom. The summed E-state index contributed by atoms with van der Waals surface area (Å²) < 4.78 is 7.39. The van der Waals surface area contributed by atoms with Crippen LogP contribution >= 0.6 is 0 Å². The third-order valence-corrected chi connectivity index (χ3v) is 5.25. The Bertz CT molecular complexity index is 1480. The van der Waals surface area contributed by atoms with E-state index >= 15 is 0 Å². The van der Waals surface area contributed by atoms with Crippen LogP contribution in [0.25, 0.3) is 22.3 Å². The zero-order chi connectivity index (χ0) is 22.5. The van der Waals surface area contributed by atoms with Crippen LogP contribution in [0, 0.1) is 0 Å². The number of hydrogen-bond acceptors (Lipinski definition) is 4. The summed E-state index contributed by atoms with van der Waals surface area (Å²) in [6, 6.07) is 34.5. The third kappa shape index (κ3) is 4.43. The molecule has 4 aromatic carbocycles. The maximum atomic E-state index is 13.3. The zero-order valence-corrected chi connectivity index (χ0v) is 17.8. The van der Waals surface area contributed by atoms with E-state index in [9.17, 15) is 4.79 Å². The van der Waals surface area contributed by atoms with Crippen LogP contribution in [-0.4, -0.2) is 15.9 Å². The van der Waals surface area contributed by atoms with Gasteiger partial charge in [0.15, 0.2) is 5.82 Å². The van der Waals surface area contributed by atoms with Gasteiger partial charge in [0, 0.05) is 11.1 Å². The quantitative estimate of drug-likeness (QED) is 0.333. The van der Waals surface area contributed by atoms with Gasteiger partial charge in [0.1, 0.15) is 12.4 Å². The summed E-state index contributed by atoms with van der Waals surface area (Å²) in [4.78, 5) is 18.1. The first kappa shape index (κ1) is 20.4. The van der Waals surface area contributed by atoms with Gasteiger partial charge in [-0.2, -0.15) is 9.78 Å². The lowest BCUT2D eigenvalue weighted by atomic mass is 10.2. The summed E-state index contributed by atoms with van der Waals surface area (Å²) in [6.07, 6.45) is 1.64. The molecule has 160 valence electrons. The summed E-state index contributed by atoms with van der Waals surface area (Å²) in [5.74, 6) is 1.17. The number of benzene rings is 4. The van der Waals surface area contributed by atoms with E-state index in [2.05, 4.69) is 5.10 Å². The third-order valence-electron chi connectivity index (χ3n) is 5.25. The molecule has 0 bridgehead atoms. The van der Waals surface area contributed by atoms with Gasteiger partial charge in [-0.15, -0.1) is 0 Å². The fourth-order valence-corrected chi connectivity index (χ4v) is 3.58. The van der Waals surface area contributed by atoms with E-state index in [0.29, 0.717) is 29.1 Å². The largest absolute Gasteiger partial charge is 0.488 e. The number of ether oxygens (including phenoxy) is 1. The number of nitrogens with zero attached hydrogens (tertiary/aromatic N) is 3. The topological polar surface area (TPSA) is 56.5 Å². The molecule has 0 saturated heterocycles. The summed E-state index contributed by atoms with van der Waals surface area (Å²) in [5.41, 5.74) is 3.07. The monoisotopic (exact) mass is 431 g/mol. The molecule has 1 heterocycles. The van der Waals surface area contributed by atoms with Crippen LogP contribution in [0.2, 0.25) is 0 Å². The number of hydrogen-bond donors (Lipinski definition) is 0. The molecule has 0 aliphatic carbocycles. The molecule has 0 N–H and O–H groups in total.